The number of piperidine rings is 1. The number of nitrogens with zero attached hydrogens (tertiary/aromatic N) is 1. The fourth-order valence-electron chi connectivity index (χ4n) is 3.58. The van der Waals surface area contributed by atoms with E-state index in [1.807, 2.05) is 36.4 Å². The highest BCUT2D eigenvalue weighted by Crippen LogP contribution is 2.31. The number of furan rings is 1. The number of hydrogen-bond donors (Lipinski definition) is 1. The largest absolute Gasteiger partial charge is 0.485 e. The van der Waals surface area contributed by atoms with E-state index < -0.39 is 6.10 Å². The molecule has 26 heavy (non-hydrogen) atoms. The molecule has 2 aliphatic heterocycles. The number of hydrogen-bond acceptors (Lipinski definition) is 5. The smallest absolute Gasteiger partial charge is 0.264 e. The Morgan fingerprint density at radius 1 is 1.12 bits per heavy atom. The first-order chi connectivity index (χ1) is 12.8. The number of para-hydroxylation sites is 2. The first kappa shape index (κ1) is 17.0. The molecular formula is C20H24N2O4. The van der Waals surface area contributed by atoms with Gasteiger partial charge in [-0.15, -0.1) is 0 Å². The van der Waals surface area contributed by atoms with E-state index in [1.165, 1.54) is 19.3 Å². The molecule has 2 aromatic rings. The van der Waals surface area contributed by atoms with Gasteiger partial charge in [-0.25, -0.2) is 0 Å². The molecule has 1 aromatic heterocycles. The van der Waals surface area contributed by atoms with Gasteiger partial charge in [-0.1, -0.05) is 18.6 Å². The summed E-state index contributed by atoms with van der Waals surface area (Å²) >= 11 is 0. The van der Waals surface area contributed by atoms with E-state index in [9.17, 15) is 4.79 Å². The number of amides is 1. The second kappa shape index (κ2) is 7.83. The Balaban J connectivity index is 1.39. The predicted molar refractivity (Wildman–Crippen MR) is 96.2 cm³/mol. The molecule has 2 aliphatic rings. The van der Waals surface area contributed by atoms with Gasteiger partial charge in [-0.2, -0.15) is 0 Å². The minimum absolute atomic E-state index is 0.0473. The average molecular weight is 356 g/mol. The number of likely N-dealkylation sites (tertiary alicyclic amines) is 1. The van der Waals surface area contributed by atoms with Gasteiger partial charge in [0.2, 0.25) is 6.10 Å². The Morgan fingerprint density at radius 3 is 2.69 bits per heavy atom. The fourth-order valence-corrected chi connectivity index (χ4v) is 3.58. The van der Waals surface area contributed by atoms with Gasteiger partial charge in [0.25, 0.3) is 5.91 Å². The molecule has 0 bridgehead atoms. The second-order valence-electron chi connectivity index (χ2n) is 6.74. The molecular weight excluding hydrogens is 332 g/mol. The standard InChI is InChI=1S/C20H24N2O4/c23-20(19-14-25-17-7-2-3-8-18(17)26-19)21-13-15(16-9-6-12-24-16)22-10-4-1-5-11-22/h2-3,6-9,12,15,19H,1,4-5,10-11,13-14H2,(H,21,23). The summed E-state index contributed by atoms with van der Waals surface area (Å²) in [6.07, 6.45) is 4.68. The third-order valence-electron chi connectivity index (χ3n) is 4.97. The van der Waals surface area contributed by atoms with Crippen LogP contribution in [0.3, 0.4) is 0 Å². The van der Waals surface area contributed by atoms with Crippen LogP contribution in [-0.4, -0.2) is 43.2 Å². The van der Waals surface area contributed by atoms with Crippen molar-refractivity contribution in [3.63, 3.8) is 0 Å². The van der Waals surface area contributed by atoms with Crippen molar-refractivity contribution in [3.8, 4) is 11.5 Å². The predicted octanol–water partition coefficient (Wildman–Crippen LogP) is 2.76. The van der Waals surface area contributed by atoms with E-state index in [0.717, 1.165) is 18.8 Å². The van der Waals surface area contributed by atoms with Crippen molar-refractivity contribution in [2.45, 2.75) is 31.4 Å². The maximum atomic E-state index is 12.6. The Labute approximate surface area is 153 Å². The first-order valence-corrected chi connectivity index (χ1v) is 9.25. The summed E-state index contributed by atoms with van der Waals surface area (Å²) in [4.78, 5) is 15.0. The quantitative estimate of drug-likeness (QED) is 0.892. The van der Waals surface area contributed by atoms with Crippen molar-refractivity contribution >= 4 is 5.91 Å². The molecule has 1 N–H and O–H groups in total. The molecule has 4 rings (SSSR count). The highest BCUT2D eigenvalue weighted by atomic mass is 16.6. The SMILES string of the molecule is O=C(NCC(c1ccco1)N1CCCCC1)C1COc2ccccc2O1. The van der Waals surface area contributed by atoms with Crippen molar-refractivity contribution in [3.05, 3.63) is 48.4 Å². The summed E-state index contributed by atoms with van der Waals surface area (Å²) in [6, 6.07) is 11.3. The topological polar surface area (TPSA) is 63.9 Å². The summed E-state index contributed by atoms with van der Waals surface area (Å²) in [5.41, 5.74) is 0. The Morgan fingerprint density at radius 2 is 1.92 bits per heavy atom. The summed E-state index contributed by atoms with van der Waals surface area (Å²) in [6.45, 7) is 2.77. The van der Waals surface area contributed by atoms with Crippen molar-refractivity contribution in [1.29, 1.82) is 0 Å². The number of carbonyl (C=O) groups excluding carboxylic acids is 1. The van der Waals surface area contributed by atoms with Crippen LogP contribution in [0, 0.1) is 0 Å². The van der Waals surface area contributed by atoms with E-state index in [-0.39, 0.29) is 18.6 Å². The lowest BCUT2D eigenvalue weighted by Crippen LogP contribution is -2.47. The van der Waals surface area contributed by atoms with Crippen molar-refractivity contribution in [2.24, 2.45) is 0 Å². The number of rotatable bonds is 5. The van der Waals surface area contributed by atoms with Crippen LogP contribution >= 0.6 is 0 Å². The van der Waals surface area contributed by atoms with Crippen LogP contribution in [0.4, 0.5) is 0 Å². The number of benzene rings is 1. The zero-order valence-corrected chi connectivity index (χ0v) is 14.7. The van der Waals surface area contributed by atoms with Crippen LogP contribution in [0.25, 0.3) is 0 Å². The maximum absolute atomic E-state index is 12.6. The molecule has 1 saturated heterocycles. The lowest BCUT2D eigenvalue weighted by atomic mass is 10.1. The van der Waals surface area contributed by atoms with Crippen molar-refractivity contribution < 1.29 is 18.7 Å². The van der Waals surface area contributed by atoms with E-state index in [2.05, 4.69) is 10.2 Å². The molecule has 1 fully saturated rings. The molecule has 6 heteroatoms. The van der Waals surface area contributed by atoms with Gasteiger partial charge in [0.05, 0.1) is 12.3 Å². The van der Waals surface area contributed by atoms with Gasteiger partial charge in [0.15, 0.2) is 11.5 Å². The molecule has 0 aliphatic carbocycles. The normalized spacial score (nSPS) is 21.2. The molecule has 0 spiro atoms. The van der Waals surface area contributed by atoms with E-state index in [4.69, 9.17) is 13.9 Å². The molecule has 1 amide bonds. The molecule has 1 aromatic carbocycles. The van der Waals surface area contributed by atoms with Crippen LogP contribution in [0.15, 0.2) is 47.1 Å². The molecule has 0 saturated carbocycles. The Kier molecular flexibility index (Phi) is 5.11. The van der Waals surface area contributed by atoms with Gasteiger partial charge in [0.1, 0.15) is 12.4 Å². The molecule has 0 radical (unpaired) electrons. The van der Waals surface area contributed by atoms with Gasteiger partial charge >= 0.3 is 0 Å². The minimum atomic E-state index is -0.636. The molecule has 6 nitrogen and oxygen atoms in total. The number of carbonyl (C=O) groups is 1. The Hall–Kier alpha value is -2.47. The minimum Gasteiger partial charge on any atom is -0.485 e. The number of fused-ring (bicyclic) bond motifs is 1. The van der Waals surface area contributed by atoms with Crippen molar-refractivity contribution in [2.75, 3.05) is 26.2 Å². The Bertz CT molecular complexity index is 725. The molecule has 3 heterocycles. The fraction of sp³-hybridized carbons (Fsp3) is 0.450. The summed E-state index contributed by atoms with van der Waals surface area (Å²) < 4.78 is 17.1. The molecule has 2 atom stereocenters. The average Bonchev–Trinajstić information content (AvgIpc) is 3.23. The number of ether oxygens (including phenoxy) is 2. The van der Waals surface area contributed by atoms with Crippen LogP contribution in [-0.2, 0) is 4.79 Å². The van der Waals surface area contributed by atoms with Crippen LogP contribution in [0.5, 0.6) is 11.5 Å². The van der Waals surface area contributed by atoms with Crippen molar-refractivity contribution in [1.82, 2.24) is 10.2 Å². The lowest BCUT2D eigenvalue weighted by molar-refractivity contribution is -0.130. The molecule has 2 unspecified atom stereocenters. The third kappa shape index (κ3) is 3.70. The van der Waals surface area contributed by atoms with Crippen LogP contribution < -0.4 is 14.8 Å². The first-order valence-electron chi connectivity index (χ1n) is 9.25. The zero-order chi connectivity index (χ0) is 17.8. The summed E-state index contributed by atoms with van der Waals surface area (Å²) in [5, 5.41) is 3.02. The van der Waals surface area contributed by atoms with Crippen LogP contribution in [0.2, 0.25) is 0 Å². The van der Waals surface area contributed by atoms with E-state index >= 15 is 0 Å². The van der Waals surface area contributed by atoms with Gasteiger partial charge in [0, 0.05) is 6.54 Å². The third-order valence-corrected chi connectivity index (χ3v) is 4.97. The molecule has 138 valence electrons. The lowest BCUT2D eigenvalue weighted by Gasteiger charge is -2.34. The summed E-state index contributed by atoms with van der Waals surface area (Å²) in [5.74, 6) is 2.02. The number of nitrogens with one attached hydrogen (secondary N) is 1. The van der Waals surface area contributed by atoms with E-state index in [1.54, 1.807) is 6.26 Å². The van der Waals surface area contributed by atoms with Crippen LogP contribution in [0.1, 0.15) is 31.1 Å². The maximum Gasteiger partial charge on any atom is 0.264 e. The van der Waals surface area contributed by atoms with E-state index in [0.29, 0.717) is 18.0 Å². The highest BCUT2D eigenvalue weighted by Gasteiger charge is 2.30. The zero-order valence-electron chi connectivity index (χ0n) is 14.7. The second-order valence-corrected chi connectivity index (χ2v) is 6.74. The monoisotopic (exact) mass is 356 g/mol. The van der Waals surface area contributed by atoms with Gasteiger partial charge < -0.3 is 19.2 Å². The van der Waals surface area contributed by atoms with Gasteiger partial charge in [-0.3, -0.25) is 9.69 Å². The summed E-state index contributed by atoms with van der Waals surface area (Å²) in [7, 11) is 0. The highest BCUT2D eigenvalue weighted by molar-refractivity contribution is 5.81. The van der Waals surface area contributed by atoms with Gasteiger partial charge in [-0.05, 0) is 50.2 Å².